The van der Waals surface area contributed by atoms with Crippen LogP contribution in [-0.2, 0) is 0 Å². The first-order valence-electron chi connectivity index (χ1n) is 4.23. The maximum atomic E-state index is 4.09. The summed E-state index contributed by atoms with van der Waals surface area (Å²) < 4.78 is 0. The predicted octanol–water partition coefficient (Wildman–Crippen LogP) is 3.43. The number of hydrogen-bond donors (Lipinski definition) is 0. The summed E-state index contributed by atoms with van der Waals surface area (Å²) in [6.07, 6.45) is 1.92. The molecule has 13 heavy (non-hydrogen) atoms. The van der Waals surface area contributed by atoms with Crippen LogP contribution in [0.5, 0.6) is 0 Å². The fourth-order valence-corrected chi connectivity index (χ4v) is 2.05. The topological polar surface area (TPSA) is 12.9 Å². The molecular formula is C11H11NS. The molecule has 0 aliphatic heterocycles. The molecule has 0 unspecified atom stereocenters. The molecule has 0 aliphatic rings. The summed E-state index contributed by atoms with van der Waals surface area (Å²) in [5.74, 6) is 0. The summed E-state index contributed by atoms with van der Waals surface area (Å²) in [6.45, 7) is 4.25. The van der Waals surface area contributed by atoms with Gasteiger partial charge in [-0.2, -0.15) is 0 Å². The van der Waals surface area contributed by atoms with Crippen molar-refractivity contribution in [1.82, 2.24) is 4.98 Å². The Kier molecular flexibility index (Phi) is 2.15. The van der Waals surface area contributed by atoms with Crippen molar-refractivity contribution in [2.45, 2.75) is 13.8 Å². The molecule has 0 bridgehead atoms. The molecule has 0 atom stereocenters. The first-order chi connectivity index (χ1) is 6.27. The first kappa shape index (κ1) is 8.45. The molecule has 2 rings (SSSR count). The van der Waals surface area contributed by atoms with Crippen molar-refractivity contribution < 1.29 is 0 Å². The number of aryl methyl sites for hydroxylation is 2. The molecule has 1 aromatic carbocycles. The van der Waals surface area contributed by atoms with Gasteiger partial charge in [-0.3, -0.25) is 4.98 Å². The van der Waals surface area contributed by atoms with Gasteiger partial charge in [0.05, 0.1) is 10.4 Å². The number of thiazole rings is 1. The Labute approximate surface area is 82.1 Å². The van der Waals surface area contributed by atoms with Gasteiger partial charge >= 0.3 is 0 Å². The predicted molar refractivity (Wildman–Crippen MR) is 57.0 cm³/mol. The second-order valence-electron chi connectivity index (χ2n) is 3.18. The van der Waals surface area contributed by atoms with E-state index in [-0.39, 0.29) is 0 Å². The van der Waals surface area contributed by atoms with Crippen LogP contribution >= 0.6 is 11.3 Å². The highest BCUT2D eigenvalue weighted by atomic mass is 32.1. The van der Waals surface area contributed by atoms with Crippen LogP contribution in [-0.4, -0.2) is 4.98 Å². The molecule has 0 saturated carbocycles. The van der Waals surface area contributed by atoms with E-state index in [1.807, 2.05) is 11.7 Å². The van der Waals surface area contributed by atoms with Crippen molar-refractivity contribution in [1.29, 1.82) is 0 Å². The van der Waals surface area contributed by atoms with Gasteiger partial charge in [-0.05, 0) is 25.0 Å². The third-order valence-corrected chi connectivity index (χ3v) is 2.90. The fourth-order valence-electron chi connectivity index (χ4n) is 1.35. The summed E-state index contributed by atoms with van der Waals surface area (Å²) in [5, 5.41) is 0. The Morgan fingerprint density at radius 1 is 1.23 bits per heavy atom. The molecule has 0 amide bonds. The average Bonchev–Trinajstić information content (AvgIpc) is 2.61. The second-order valence-corrected chi connectivity index (χ2v) is 4.07. The normalized spacial score (nSPS) is 10.3. The Morgan fingerprint density at radius 2 is 2.08 bits per heavy atom. The van der Waals surface area contributed by atoms with Gasteiger partial charge in [0, 0.05) is 6.20 Å². The molecule has 1 nitrogen and oxygen atoms in total. The summed E-state index contributed by atoms with van der Waals surface area (Å²) in [5.41, 5.74) is 5.79. The van der Waals surface area contributed by atoms with Gasteiger partial charge in [-0.25, -0.2) is 0 Å². The van der Waals surface area contributed by atoms with E-state index in [0.717, 1.165) is 0 Å². The maximum absolute atomic E-state index is 4.09. The smallest absolute Gasteiger partial charge is 0.0797 e. The van der Waals surface area contributed by atoms with Gasteiger partial charge in [0.1, 0.15) is 0 Å². The zero-order chi connectivity index (χ0) is 9.26. The fraction of sp³-hybridized carbons (Fsp3) is 0.182. The summed E-state index contributed by atoms with van der Waals surface area (Å²) in [6, 6.07) is 6.51. The van der Waals surface area contributed by atoms with E-state index in [1.54, 1.807) is 11.3 Å². The highest BCUT2D eigenvalue weighted by Crippen LogP contribution is 2.27. The van der Waals surface area contributed by atoms with Crippen LogP contribution in [0.2, 0.25) is 0 Å². The van der Waals surface area contributed by atoms with Crippen molar-refractivity contribution in [3.8, 4) is 10.4 Å². The number of aromatic nitrogens is 1. The van der Waals surface area contributed by atoms with Crippen LogP contribution in [0.25, 0.3) is 10.4 Å². The highest BCUT2D eigenvalue weighted by molar-refractivity contribution is 7.13. The van der Waals surface area contributed by atoms with Gasteiger partial charge in [-0.1, -0.05) is 23.8 Å². The molecule has 1 aromatic heterocycles. The lowest BCUT2D eigenvalue weighted by atomic mass is 10.1. The summed E-state index contributed by atoms with van der Waals surface area (Å²) in [7, 11) is 0. The van der Waals surface area contributed by atoms with Crippen molar-refractivity contribution >= 4 is 11.3 Å². The van der Waals surface area contributed by atoms with Crippen molar-refractivity contribution in [3.63, 3.8) is 0 Å². The van der Waals surface area contributed by atoms with E-state index in [1.165, 1.54) is 21.6 Å². The van der Waals surface area contributed by atoms with E-state index < -0.39 is 0 Å². The van der Waals surface area contributed by atoms with Crippen LogP contribution < -0.4 is 0 Å². The van der Waals surface area contributed by atoms with Crippen LogP contribution in [0, 0.1) is 13.8 Å². The molecule has 0 fully saturated rings. The summed E-state index contributed by atoms with van der Waals surface area (Å²) in [4.78, 5) is 5.34. The maximum Gasteiger partial charge on any atom is 0.0797 e. The molecule has 0 saturated heterocycles. The lowest BCUT2D eigenvalue weighted by Gasteiger charge is -2.03. The SMILES string of the molecule is Cc1ccc(C)c(-c2cncs2)c1. The van der Waals surface area contributed by atoms with Gasteiger partial charge in [0.2, 0.25) is 0 Å². The van der Waals surface area contributed by atoms with Gasteiger partial charge < -0.3 is 0 Å². The number of hydrogen-bond acceptors (Lipinski definition) is 2. The third kappa shape index (κ3) is 1.63. The first-order valence-corrected chi connectivity index (χ1v) is 5.11. The molecule has 2 aromatic rings. The number of nitrogens with zero attached hydrogens (tertiary/aromatic N) is 1. The van der Waals surface area contributed by atoms with E-state index in [0.29, 0.717) is 0 Å². The van der Waals surface area contributed by atoms with Crippen molar-refractivity contribution in [3.05, 3.63) is 41.0 Å². The number of rotatable bonds is 1. The quantitative estimate of drug-likeness (QED) is 0.669. The molecular weight excluding hydrogens is 178 g/mol. The van der Waals surface area contributed by atoms with Gasteiger partial charge in [-0.15, -0.1) is 11.3 Å². The summed E-state index contributed by atoms with van der Waals surface area (Å²) >= 11 is 1.69. The number of benzene rings is 1. The van der Waals surface area contributed by atoms with Crippen molar-refractivity contribution in [2.75, 3.05) is 0 Å². The van der Waals surface area contributed by atoms with E-state index >= 15 is 0 Å². The van der Waals surface area contributed by atoms with Crippen LogP contribution in [0.4, 0.5) is 0 Å². The Hall–Kier alpha value is -1.15. The lowest BCUT2D eigenvalue weighted by molar-refractivity contribution is 1.38. The van der Waals surface area contributed by atoms with Gasteiger partial charge in [0.15, 0.2) is 0 Å². The third-order valence-electron chi connectivity index (χ3n) is 2.09. The minimum Gasteiger partial charge on any atom is -0.252 e. The minimum atomic E-state index is 1.25. The van der Waals surface area contributed by atoms with E-state index in [2.05, 4.69) is 37.0 Å². The van der Waals surface area contributed by atoms with E-state index in [9.17, 15) is 0 Å². The second kappa shape index (κ2) is 3.30. The Bertz CT molecular complexity index is 404. The largest absolute Gasteiger partial charge is 0.252 e. The van der Waals surface area contributed by atoms with Crippen LogP contribution in [0.3, 0.4) is 0 Å². The van der Waals surface area contributed by atoms with E-state index in [4.69, 9.17) is 0 Å². The Morgan fingerprint density at radius 3 is 2.77 bits per heavy atom. The zero-order valence-electron chi connectivity index (χ0n) is 7.74. The molecule has 66 valence electrons. The van der Waals surface area contributed by atoms with Gasteiger partial charge in [0.25, 0.3) is 0 Å². The molecule has 0 N–H and O–H groups in total. The molecule has 0 aliphatic carbocycles. The zero-order valence-corrected chi connectivity index (χ0v) is 8.56. The lowest BCUT2D eigenvalue weighted by Crippen LogP contribution is -1.81. The molecule has 2 heteroatoms. The Balaban J connectivity index is 2.57. The highest BCUT2D eigenvalue weighted by Gasteiger charge is 2.02. The standard InChI is InChI=1S/C11H11NS/c1-8-3-4-9(2)10(5-8)11-6-12-7-13-11/h3-7H,1-2H3. The molecule has 1 heterocycles. The van der Waals surface area contributed by atoms with Crippen LogP contribution in [0.15, 0.2) is 29.9 Å². The minimum absolute atomic E-state index is 1.25. The molecule has 0 radical (unpaired) electrons. The monoisotopic (exact) mass is 189 g/mol. The van der Waals surface area contributed by atoms with Crippen LogP contribution in [0.1, 0.15) is 11.1 Å². The average molecular weight is 189 g/mol. The molecule has 0 spiro atoms. The van der Waals surface area contributed by atoms with Crippen molar-refractivity contribution in [2.24, 2.45) is 0 Å².